The third-order valence-electron chi connectivity index (χ3n) is 2.87. The van der Waals surface area contributed by atoms with Crippen LogP contribution in [-0.2, 0) is 9.59 Å². The van der Waals surface area contributed by atoms with Crippen molar-refractivity contribution in [3.8, 4) is 17.2 Å². The third kappa shape index (κ3) is 5.55. The van der Waals surface area contributed by atoms with Gasteiger partial charge < -0.3 is 24.8 Å². The van der Waals surface area contributed by atoms with Crippen LogP contribution in [0.1, 0.15) is 11.7 Å². The number of methoxy groups -OCH3 is 3. The van der Waals surface area contributed by atoms with Gasteiger partial charge in [-0.25, -0.2) is 0 Å². The highest BCUT2D eigenvalue weighted by atomic mass is 127. The molecule has 23 heavy (non-hydrogen) atoms. The van der Waals surface area contributed by atoms with Crippen LogP contribution in [0, 0.1) is 0 Å². The molecule has 0 bridgehead atoms. The van der Waals surface area contributed by atoms with Gasteiger partial charge in [0.05, 0.1) is 30.2 Å². The Kier molecular flexibility index (Phi) is 8.73. The second-order valence-electron chi connectivity index (χ2n) is 4.29. The lowest BCUT2D eigenvalue weighted by Crippen LogP contribution is -2.42. The number of benzene rings is 1. The van der Waals surface area contributed by atoms with Crippen LogP contribution in [0.3, 0.4) is 0 Å². The minimum atomic E-state index is -0.687. The van der Waals surface area contributed by atoms with E-state index in [1.54, 1.807) is 12.1 Å². The lowest BCUT2D eigenvalue weighted by atomic mass is 10.1. The molecule has 0 spiro atoms. The summed E-state index contributed by atoms with van der Waals surface area (Å²) in [6.07, 6.45) is -0.687. The quantitative estimate of drug-likeness (QED) is 0.295. The molecule has 128 valence electrons. The molecule has 7 nitrogen and oxygen atoms in total. The van der Waals surface area contributed by atoms with Gasteiger partial charge >= 0.3 is 0 Å². The Balaban J connectivity index is 3.27. The van der Waals surface area contributed by atoms with Crippen LogP contribution in [0.2, 0.25) is 0 Å². The van der Waals surface area contributed by atoms with Gasteiger partial charge in [0.25, 0.3) is 0 Å². The summed E-state index contributed by atoms with van der Waals surface area (Å²) in [6.45, 7) is 0. The SMILES string of the molecule is COc1cc(C(NC(=O)CI)NC(=O)CI)cc(OC)c1OC. The Morgan fingerprint density at radius 3 is 1.70 bits per heavy atom. The van der Waals surface area contributed by atoms with E-state index in [-0.39, 0.29) is 20.7 Å². The van der Waals surface area contributed by atoms with Gasteiger partial charge in [0, 0.05) is 5.56 Å². The van der Waals surface area contributed by atoms with Crippen LogP contribution in [0.4, 0.5) is 0 Å². The van der Waals surface area contributed by atoms with E-state index in [9.17, 15) is 9.59 Å². The summed E-state index contributed by atoms with van der Waals surface area (Å²) in [5.74, 6) is 0.938. The minimum absolute atomic E-state index is 0.196. The highest BCUT2D eigenvalue weighted by molar-refractivity contribution is 14.1. The van der Waals surface area contributed by atoms with Crippen molar-refractivity contribution in [2.75, 3.05) is 30.2 Å². The Hall–Kier alpha value is -0.980. The van der Waals surface area contributed by atoms with Gasteiger partial charge in [0.15, 0.2) is 11.5 Å². The third-order valence-corrected chi connectivity index (χ3v) is 4.26. The fourth-order valence-electron chi connectivity index (χ4n) is 1.87. The van der Waals surface area contributed by atoms with E-state index in [0.717, 1.165) is 0 Å². The largest absolute Gasteiger partial charge is 0.493 e. The molecule has 0 radical (unpaired) electrons. The molecule has 0 atom stereocenters. The molecule has 2 amide bonds. The highest BCUT2D eigenvalue weighted by Gasteiger charge is 2.21. The number of carbonyl (C=O) groups is 2. The summed E-state index contributed by atoms with van der Waals surface area (Å²) in [5, 5.41) is 5.51. The van der Waals surface area contributed by atoms with E-state index >= 15 is 0 Å². The molecule has 9 heteroatoms. The van der Waals surface area contributed by atoms with E-state index in [1.165, 1.54) is 21.3 Å². The number of hydrogen-bond acceptors (Lipinski definition) is 5. The van der Waals surface area contributed by atoms with Gasteiger partial charge in [-0.3, -0.25) is 9.59 Å². The Labute approximate surface area is 162 Å². The van der Waals surface area contributed by atoms with Crippen molar-refractivity contribution in [1.29, 1.82) is 0 Å². The molecular formula is C14H18I2N2O5. The van der Waals surface area contributed by atoms with Crippen molar-refractivity contribution >= 4 is 57.0 Å². The summed E-state index contributed by atoms with van der Waals surface area (Å²) in [7, 11) is 4.51. The summed E-state index contributed by atoms with van der Waals surface area (Å²) >= 11 is 3.91. The van der Waals surface area contributed by atoms with Crippen molar-refractivity contribution in [2.45, 2.75) is 6.17 Å². The maximum Gasteiger partial charge on any atom is 0.231 e. The molecule has 2 N–H and O–H groups in total. The van der Waals surface area contributed by atoms with E-state index in [0.29, 0.717) is 22.8 Å². The maximum atomic E-state index is 11.7. The van der Waals surface area contributed by atoms with Crippen LogP contribution >= 0.6 is 45.2 Å². The van der Waals surface area contributed by atoms with Crippen LogP contribution < -0.4 is 24.8 Å². The van der Waals surface area contributed by atoms with Gasteiger partial charge in [-0.15, -0.1) is 0 Å². The van der Waals surface area contributed by atoms with Crippen LogP contribution in [0.15, 0.2) is 12.1 Å². The second kappa shape index (κ2) is 10.0. The first-order valence-electron chi connectivity index (χ1n) is 6.51. The van der Waals surface area contributed by atoms with Gasteiger partial charge in [0.1, 0.15) is 6.17 Å². The zero-order valence-electron chi connectivity index (χ0n) is 12.9. The van der Waals surface area contributed by atoms with Crippen molar-refractivity contribution in [3.63, 3.8) is 0 Å². The molecule has 0 saturated heterocycles. The number of amides is 2. The van der Waals surface area contributed by atoms with Crippen molar-refractivity contribution in [1.82, 2.24) is 10.6 Å². The lowest BCUT2D eigenvalue weighted by molar-refractivity contribution is -0.121. The Morgan fingerprint density at radius 2 is 1.39 bits per heavy atom. The molecule has 0 saturated carbocycles. The highest BCUT2D eigenvalue weighted by Crippen LogP contribution is 2.39. The molecule has 0 aliphatic carbocycles. The van der Waals surface area contributed by atoms with Gasteiger partial charge in [-0.1, -0.05) is 45.2 Å². The minimum Gasteiger partial charge on any atom is -0.493 e. The topological polar surface area (TPSA) is 85.9 Å². The van der Waals surface area contributed by atoms with Crippen molar-refractivity contribution in [2.24, 2.45) is 0 Å². The number of alkyl halides is 2. The van der Waals surface area contributed by atoms with Crippen LogP contribution in [0.5, 0.6) is 17.2 Å². The molecule has 1 aromatic carbocycles. The van der Waals surface area contributed by atoms with Crippen LogP contribution in [-0.4, -0.2) is 42.0 Å². The smallest absolute Gasteiger partial charge is 0.231 e. The summed E-state index contributed by atoms with van der Waals surface area (Å²) in [4.78, 5) is 23.5. The van der Waals surface area contributed by atoms with E-state index in [1.807, 2.05) is 45.2 Å². The van der Waals surface area contributed by atoms with Crippen LogP contribution in [0.25, 0.3) is 0 Å². The fraction of sp³-hybridized carbons (Fsp3) is 0.429. The van der Waals surface area contributed by atoms with E-state index < -0.39 is 6.17 Å². The zero-order valence-corrected chi connectivity index (χ0v) is 17.3. The van der Waals surface area contributed by atoms with Crippen molar-refractivity contribution in [3.05, 3.63) is 17.7 Å². The van der Waals surface area contributed by atoms with Gasteiger partial charge in [-0.2, -0.15) is 0 Å². The second-order valence-corrected chi connectivity index (χ2v) is 5.82. The fourth-order valence-corrected chi connectivity index (χ4v) is 2.31. The Bertz CT molecular complexity index is 525. The number of rotatable bonds is 8. The summed E-state index contributed by atoms with van der Waals surface area (Å²) in [6, 6.07) is 3.37. The maximum absolute atomic E-state index is 11.7. The molecule has 0 heterocycles. The molecule has 1 rings (SSSR count). The predicted octanol–water partition coefficient (Wildman–Crippen LogP) is 1.81. The molecule has 0 aromatic heterocycles. The average Bonchev–Trinajstić information content (AvgIpc) is 2.59. The normalized spacial score (nSPS) is 10.2. The first-order chi connectivity index (χ1) is 11.0. The molecular weight excluding hydrogens is 530 g/mol. The van der Waals surface area contributed by atoms with Crippen molar-refractivity contribution < 1.29 is 23.8 Å². The monoisotopic (exact) mass is 548 g/mol. The summed E-state index contributed by atoms with van der Waals surface area (Å²) in [5.41, 5.74) is 0.621. The standard InChI is InChI=1S/C14H18I2N2O5/c1-21-9-4-8(5-10(22-2)13(9)23-3)14(17-11(19)6-15)18-12(20)7-16/h4-5,14H,6-7H2,1-3H3,(H,17,19)(H,18,20). The molecule has 0 unspecified atom stereocenters. The molecule has 0 fully saturated rings. The molecule has 0 aliphatic heterocycles. The van der Waals surface area contributed by atoms with Gasteiger partial charge in [0.2, 0.25) is 17.6 Å². The molecule has 1 aromatic rings. The number of hydrogen-bond donors (Lipinski definition) is 2. The predicted molar refractivity (Wildman–Crippen MR) is 103 cm³/mol. The number of carbonyl (C=O) groups excluding carboxylic acids is 2. The number of ether oxygens (including phenoxy) is 3. The molecule has 0 aliphatic rings. The number of halogens is 2. The van der Waals surface area contributed by atoms with E-state index in [2.05, 4.69) is 10.6 Å². The first-order valence-corrected chi connectivity index (χ1v) is 9.56. The lowest BCUT2D eigenvalue weighted by Gasteiger charge is -2.22. The number of nitrogens with one attached hydrogen (secondary N) is 2. The van der Waals surface area contributed by atoms with Gasteiger partial charge in [-0.05, 0) is 12.1 Å². The van der Waals surface area contributed by atoms with E-state index in [4.69, 9.17) is 14.2 Å². The summed E-state index contributed by atoms with van der Waals surface area (Å²) < 4.78 is 16.4. The first kappa shape index (κ1) is 20.1. The Morgan fingerprint density at radius 1 is 0.957 bits per heavy atom. The average molecular weight is 548 g/mol. The zero-order chi connectivity index (χ0) is 17.4.